The van der Waals surface area contributed by atoms with Crippen molar-refractivity contribution >= 4 is 35.0 Å². The van der Waals surface area contributed by atoms with Gasteiger partial charge in [0.2, 0.25) is 11.7 Å². The van der Waals surface area contributed by atoms with Crippen molar-refractivity contribution in [3.63, 3.8) is 0 Å². The van der Waals surface area contributed by atoms with Crippen LogP contribution in [-0.2, 0) is 14.3 Å². The second kappa shape index (κ2) is 8.70. The SMILES string of the molecule is O=C(COc1nsnc1N1CCOCC1)N[C@H]1CC(=O)N(c2ccc(F)cc2)C1. The summed E-state index contributed by atoms with van der Waals surface area (Å²) in [6.07, 6.45) is 0.181. The van der Waals surface area contributed by atoms with Crippen LogP contribution in [-0.4, -0.2) is 66.1 Å². The number of anilines is 2. The van der Waals surface area contributed by atoms with E-state index in [-0.39, 0.29) is 36.7 Å². The van der Waals surface area contributed by atoms with E-state index in [2.05, 4.69) is 14.1 Å². The second-order valence-corrected chi connectivity index (χ2v) is 7.26. The molecule has 2 aliphatic heterocycles. The van der Waals surface area contributed by atoms with Crippen LogP contribution in [0.5, 0.6) is 5.88 Å². The summed E-state index contributed by atoms with van der Waals surface area (Å²) in [7, 11) is 0. The van der Waals surface area contributed by atoms with Gasteiger partial charge < -0.3 is 24.6 Å². The molecule has 1 N–H and O–H groups in total. The van der Waals surface area contributed by atoms with Crippen LogP contribution in [0.15, 0.2) is 24.3 Å². The van der Waals surface area contributed by atoms with E-state index in [9.17, 15) is 14.0 Å². The summed E-state index contributed by atoms with van der Waals surface area (Å²) < 4.78 is 32.3. The maximum absolute atomic E-state index is 13.1. The Labute approximate surface area is 170 Å². The number of morpholine rings is 1. The van der Waals surface area contributed by atoms with Gasteiger partial charge in [0.1, 0.15) is 5.82 Å². The van der Waals surface area contributed by atoms with E-state index in [0.717, 1.165) is 11.7 Å². The molecule has 1 aromatic heterocycles. The van der Waals surface area contributed by atoms with Crippen molar-refractivity contribution in [1.29, 1.82) is 0 Å². The van der Waals surface area contributed by atoms with Crippen LogP contribution < -0.4 is 19.9 Å². The minimum atomic E-state index is -0.365. The minimum absolute atomic E-state index is 0.124. The predicted molar refractivity (Wildman–Crippen MR) is 104 cm³/mol. The van der Waals surface area contributed by atoms with Crippen molar-refractivity contribution in [2.24, 2.45) is 0 Å². The lowest BCUT2D eigenvalue weighted by Gasteiger charge is -2.26. The van der Waals surface area contributed by atoms with E-state index < -0.39 is 0 Å². The van der Waals surface area contributed by atoms with Gasteiger partial charge in [0.25, 0.3) is 11.8 Å². The van der Waals surface area contributed by atoms with Crippen molar-refractivity contribution in [1.82, 2.24) is 14.1 Å². The van der Waals surface area contributed by atoms with Crippen molar-refractivity contribution in [3.05, 3.63) is 30.1 Å². The first-order valence-corrected chi connectivity index (χ1v) is 9.96. The summed E-state index contributed by atoms with van der Waals surface area (Å²) in [5.74, 6) is 0.105. The molecule has 2 amide bonds. The highest BCUT2D eigenvalue weighted by molar-refractivity contribution is 6.99. The van der Waals surface area contributed by atoms with Crippen LogP contribution in [0.3, 0.4) is 0 Å². The van der Waals surface area contributed by atoms with E-state index in [1.54, 1.807) is 12.1 Å². The fourth-order valence-electron chi connectivity index (χ4n) is 3.31. The first-order chi connectivity index (χ1) is 14.1. The van der Waals surface area contributed by atoms with E-state index in [1.807, 2.05) is 4.90 Å². The number of aromatic nitrogens is 2. The summed E-state index contributed by atoms with van der Waals surface area (Å²) in [6, 6.07) is 5.36. The molecule has 3 heterocycles. The van der Waals surface area contributed by atoms with Gasteiger partial charge in [0.15, 0.2) is 6.61 Å². The monoisotopic (exact) mass is 421 g/mol. The van der Waals surface area contributed by atoms with Crippen molar-refractivity contribution in [2.45, 2.75) is 12.5 Å². The Balaban J connectivity index is 1.29. The number of ether oxygens (including phenoxy) is 2. The lowest BCUT2D eigenvalue weighted by atomic mass is 10.2. The van der Waals surface area contributed by atoms with E-state index >= 15 is 0 Å². The molecular formula is C18H20FN5O4S. The molecule has 0 bridgehead atoms. The third kappa shape index (κ3) is 4.62. The van der Waals surface area contributed by atoms with E-state index in [4.69, 9.17) is 9.47 Å². The largest absolute Gasteiger partial charge is 0.464 e. The van der Waals surface area contributed by atoms with Crippen molar-refractivity contribution < 1.29 is 23.5 Å². The molecule has 0 saturated carbocycles. The Bertz CT molecular complexity index is 871. The molecular weight excluding hydrogens is 401 g/mol. The summed E-state index contributed by atoms with van der Waals surface area (Å²) in [5, 5.41) is 2.80. The normalized spacial score (nSPS) is 19.5. The number of carbonyl (C=O) groups is 2. The van der Waals surface area contributed by atoms with Crippen molar-refractivity contribution in [3.8, 4) is 5.88 Å². The Morgan fingerprint density at radius 3 is 2.79 bits per heavy atom. The van der Waals surface area contributed by atoms with Gasteiger partial charge in [0.05, 0.1) is 31.0 Å². The topological polar surface area (TPSA) is 96.9 Å². The van der Waals surface area contributed by atoms with Gasteiger partial charge in [-0.25, -0.2) is 4.39 Å². The van der Waals surface area contributed by atoms with Gasteiger partial charge in [-0.1, -0.05) is 0 Å². The molecule has 2 saturated heterocycles. The zero-order valence-electron chi connectivity index (χ0n) is 15.5. The smallest absolute Gasteiger partial charge is 0.271 e. The molecule has 0 unspecified atom stereocenters. The molecule has 0 spiro atoms. The van der Waals surface area contributed by atoms with Gasteiger partial charge in [-0.15, -0.1) is 4.37 Å². The fraction of sp³-hybridized carbons (Fsp3) is 0.444. The summed E-state index contributed by atoms with van der Waals surface area (Å²) >= 11 is 1.03. The Hall–Kier alpha value is -2.79. The van der Waals surface area contributed by atoms with Crippen LogP contribution >= 0.6 is 11.7 Å². The number of carbonyl (C=O) groups excluding carboxylic acids is 2. The molecule has 29 heavy (non-hydrogen) atoms. The van der Waals surface area contributed by atoms with Gasteiger partial charge in [-0.05, 0) is 24.3 Å². The number of hydrogen-bond donors (Lipinski definition) is 1. The molecule has 1 atom stereocenters. The van der Waals surface area contributed by atoms with Crippen LogP contribution in [0, 0.1) is 5.82 Å². The highest BCUT2D eigenvalue weighted by Gasteiger charge is 2.31. The number of amides is 2. The van der Waals surface area contributed by atoms with Gasteiger partial charge in [0, 0.05) is 31.7 Å². The summed E-state index contributed by atoms with van der Waals surface area (Å²) in [5.41, 5.74) is 0.605. The zero-order chi connectivity index (χ0) is 20.2. The zero-order valence-corrected chi connectivity index (χ0v) is 16.4. The standard InChI is InChI=1S/C18H20FN5O4S/c19-12-1-3-14(4-2-12)24-10-13(9-16(24)26)20-15(25)11-28-18-17(21-29-22-18)23-5-7-27-8-6-23/h1-4,13H,5-11H2,(H,20,25)/t13-/m0/s1. The van der Waals surface area contributed by atoms with Gasteiger partial charge in [-0.2, -0.15) is 4.37 Å². The first-order valence-electron chi connectivity index (χ1n) is 9.23. The molecule has 2 fully saturated rings. The predicted octanol–water partition coefficient (Wildman–Crippen LogP) is 0.814. The Morgan fingerprint density at radius 1 is 1.28 bits per heavy atom. The molecule has 1 aromatic carbocycles. The number of benzene rings is 1. The number of nitrogens with zero attached hydrogens (tertiary/aromatic N) is 4. The van der Waals surface area contributed by atoms with Gasteiger partial charge >= 0.3 is 0 Å². The maximum Gasteiger partial charge on any atom is 0.271 e. The quantitative estimate of drug-likeness (QED) is 0.737. The number of hydrogen-bond acceptors (Lipinski definition) is 8. The lowest BCUT2D eigenvalue weighted by Crippen LogP contribution is -2.40. The maximum atomic E-state index is 13.1. The van der Waals surface area contributed by atoms with Crippen LogP contribution in [0.2, 0.25) is 0 Å². The van der Waals surface area contributed by atoms with E-state index in [0.29, 0.717) is 50.2 Å². The minimum Gasteiger partial charge on any atom is -0.464 e. The fourth-order valence-corrected chi connectivity index (χ4v) is 3.83. The second-order valence-electron chi connectivity index (χ2n) is 6.73. The number of rotatable bonds is 6. The molecule has 0 radical (unpaired) electrons. The molecule has 2 aromatic rings. The highest BCUT2D eigenvalue weighted by Crippen LogP contribution is 2.26. The summed E-state index contributed by atoms with van der Waals surface area (Å²) in [4.78, 5) is 28.1. The van der Waals surface area contributed by atoms with Crippen LogP contribution in [0.4, 0.5) is 15.9 Å². The molecule has 4 rings (SSSR count). The van der Waals surface area contributed by atoms with Crippen molar-refractivity contribution in [2.75, 3.05) is 49.3 Å². The van der Waals surface area contributed by atoms with Crippen LogP contribution in [0.25, 0.3) is 0 Å². The lowest BCUT2D eigenvalue weighted by molar-refractivity contribution is -0.123. The van der Waals surface area contributed by atoms with Crippen LogP contribution in [0.1, 0.15) is 6.42 Å². The highest BCUT2D eigenvalue weighted by atomic mass is 32.1. The third-order valence-corrected chi connectivity index (χ3v) is 5.22. The molecule has 11 heteroatoms. The van der Waals surface area contributed by atoms with Gasteiger partial charge in [-0.3, -0.25) is 9.59 Å². The third-order valence-electron chi connectivity index (χ3n) is 4.72. The average molecular weight is 421 g/mol. The molecule has 0 aliphatic carbocycles. The number of halogens is 1. The summed E-state index contributed by atoms with van der Waals surface area (Å²) in [6.45, 7) is 2.71. The molecule has 2 aliphatic rings. The number of nitrogens with one attached hydrogen (secondary N) is 1. The Kier molecular flexibility index (Phi) is 5.86. The van der Waals surface area contributed by atoms with E-state index in [1.165, 1.54) is 17.0 Å². The average Bonchev–Trinajstić information content (AvgIpc) is 3.34. The Morgan fingerprint density at radius 2 is 2.03 bits per heavy atom. The molecule has 9 nitrogen and oxygen atoms in total. The first kappa shape index (κ1) is 19.5. The molecule has 154 valence electrons.